The number of halogens is 2. The maximum Gasteiger partial charge on any atom is 0.329 e. The predicted octanol–water partition coefficient (Wildman–Crippen LogP) is 2.71. The van der Waals surface area contributed by atoms with Gasteiger partial charge in [-0.1, -0.05) is 0 Å². The van der Waals surface area contributed by atoms with Gasteiger partial charge < -0.3 is 9.64 Å². The average molecular weight is 376 g/mol. The van der Waals surface area contributed by atoms with E-state index in [-0.39, 0.29) is 23.0 Å². The van der Waals surface area contributed by atoms with Crippen molar-refractivity contribution < 1.29 is 18.7 Å². The lowest BCUT2D eigenvalue weighted by molar-refractivity contribution is -0.147. The first-order valence-electron chi connectivity index (χ1n) is 6.55. The van der Waals surface area contributed by atoms with Crippen molar-refractivity contribution in [1.29, 1.82) is 0 Å². The Balaban J connectivity index is 2.21. The molecule has 0 aromatic heterocycles. The van der Waals surface area contributed by atoms with E-state index in [0.717, 1.165) is 5.75 Å². The van der Waals surface area contributed by atoms with E-state index >= 15 is 0 Å². The maximum atomic E-state index is 13.3. The van der Waals surface area contributed by atoms with Crippen molar-refractivity contribution >= 4 is 39.6 Å². The van der Waals surface area contributed by atoms with Crippen molar-refractivity contribution in [3.8, 4) is 0 Å². The molecule has 0 N–H and O–H groups in total. The Morgan fingerprint density at radius 1 is 1.52 bits per heavy atom. The van der Waals surface area contributed by atoms with Crippen LogP contribution in [0.5, 0.6) is 0 Å². The molecule has 1 aromatic rings. The van der Waals surface area contributed by atoms with E-state index in [9.17, 15) is 14.0 Å². The fourth-order valence-electron chi connectivity index (χ4n) is 2.08. The number of hydrogen-bond donors (Lipinski definition) is 0. The molecular weight excluding hydrogens is 361 g/mol. The van der Waals surface area contributed by atoms with Gasteiger partial charge in [0.25, 0.3) is 5.91 Å². The minimum absolute atomic E-state index is 0.229. The highest BCUT2D eigenvalue weighted by molar-refractivity contribution is 9.10. The zero-order valence-corrected chi connectivity index (χ0v) is 13.9. The monoisotopic (exact) mass is 375 g/mol. The van der Waals surface area contributed by atoms with E-state index in [1.807, 2.05) is 0 Å². The van der Waals surface area contributed by atoms with E-state index in [2.05, 4.69) is 15.9 Å². The van der Waals surface area contributed by atoms with Crippen LogP contribution >= 0.6 is 27.7 Å². The molecule has 0 bridgehead atoms. The van der Waals surface area contributed by atoms with Gasteiger partial charge >= 0.3 is 5.97 Å². The molecule has 7 heteroatoms. The average Bonchev–Trinajstić information content (AvgIpc) is 2.49. The lowest BCUT2D eigenvalue weighted by Gasteiger charge is -2.33. The van der Waals surface area contributed by atoms with Crippen molar-refractivity contribution in [1.82, 2.24) is 4.90 Å². The molecule has 1 aliphatic rings. The minimum atomic E-state index is -0.583. The maximum absolute atomic E-state index is 13.3. The Morgan fingerprint density at radius 3 is 2.95 bits per heavy atom. The molecule has 1 aromatic carbocycles. The molecule has 114 valence electrons. The van der Waals surface area contributed by atoms with Crippen LogP contribution in [0.25, 0.3) is 0 Å². The van der Waals surface area contributed by atoms with Gasteiger partial charge in [0.05, 0.1) is 11.1 Å². The van der Waals surface area contributed by atoms with Crippen LogP contribution in [0.2, 0.25) is 0 Å². The standard InChI is InChI=1S/C14H15BrFNO3S/c1-2-20-14(19)12-8-21-6-5-17(12)13(18)9-3-4-11(16)10(15)7-9/h3-4,7,12H,2,5-6,8H2,1H3. The molecule has 0 radical (unpaired) electrons. The zero-order chi connectivity index (χ0) is 15.4. The molecule has 0 saturated carbocycles. The molecule has 1 saturated heterocycles. The smallest absolute Gasteiger partial charge is 0.329 e. The van der Waals surface area contributed by atoms with Crippen LogP contribution in [0, 0.1) is 5.82 Å². The first-order chi connectivity index (χ1) is 10.0. The molecule has 1 unspecified atom stereocenters. The van der Waals surface area contributed by atoms with Crippen molar-refractivity contribution in [3.05, 3.63) is 34.1 Å². The minimum Gasteiger partial charge on any atom is -0.464 e. The van der Waals surface area contributed by atoms with Gasteiger partial charge in [-0.05, 0) is 41.1 Å². The van der Waals surface area contributed by atoms with Crippen LogP contribution in [-0.2, 0) is 9.53 Å². The van der Waals surface area contributed by atoms with Gasteiger partial charge in [0.1, 0.15) is 11.9 Å². The lowest BCUT2D eigenvalue weighted by Crippen LogP contribution is -2.51. The van der Waals surface area contributed by atoms with E-state index < -0.39 is 11.9 Å². The van der Waals surface area contributed by atoms with E-state index in [4.69, 9.17) is 4.74 Å². The summed E-state index contributed by atoms with van der Waals surface area (Å²) in [6, 6.07) is 3.50. The Morgan fingerprint density at radius 2 is 2.29 bits per heavy atom. The number of nitrogens with zero attached hydrogens (tertiary/aromatic N) is 1. The van der Waals surface area contributed by atoms with Gasteiger partial charge in [0.2, 0.25) is 0 Å². The van der Waals surface area contributed by atoms with E-state index in [1.54, 1.807) is 18.7 Å². The number of hydrogen-bond acceptors (Lipinski definition) is 4. The summed E-state index contributed by atoms with van der Waals surface area (Å²) in [5.74, 6) is 0.188. The fourth-order valence-corrected chi connectivity index (χ4v) is 3.49. The molecule has 1 amide bonds. The van der Waals surface area contributed by atoms with Gasteiger partial charge in [-0.2, -0.15) is 11.8 Å². The Bertz CT molecular complexity index is 555. The summed E-state index contributed by atoms with van der Waals surface area (Å²) in [5.41, 5.74) is 0.351. The van der Waals surface area contributed by atoms with Crippen LogP contribution in [0.1, 0.15) is 17.3 Å². The molecule has 2 rings (SSSR count). The van der Waals surface area contributed by atoms with Crippen molar-refractivity contribution in [3.63, 3.8) is 0 Å². The van der Waals surface area contributed by atoms with Crippen molar-refractivity contribution in [2.45, 2.75) is 13.0 Å². The van der Waals surface area contributed by atoms with Gasteiger partial charge in [0, 0.05) is 23.6 Å². The van der Waals surface area contributed by atoms with Crippen molar-refractivity contribution in [2.75, 3.05) is 24.7 Å². The van der Waals surface area contributed by atoms with Gasteiger partial charge in [-0.3, -0.25) is 4.79 Å². The summed E-state index contributed by atoms with van der Waals surface area (Å²) in [4.78, 5) is 26.0. The van der Waals surface area contributed by atoms with Crippen LogP contribution in [0.3, 0.4) is 0 Å². The quantitative estimate of drug-likeness (QED) is 0.762. The molecule has 0 spiro atoms. The summed E-state index contributed by atoms with van der Waals surface area (Å²) in [7, 11) is 0. The second-order valence-corrected chi connectivity index (χ2v) is 6.47. The molecule has 1 aliphatic heterocycles. The number of carbonyl (C=O) groups excluding carboxylic acids is 2. The van der Waals surface area contributed by atoms with Gasteiger partial charge in [0.15, 0.2) is 0 Å². The van der Waals surface area contributed by atoms with E-state index in [0.29, 0.717) is 17.9 Å². The molecule has 1 atom stereocenters. The first-order valence-corrected chi connectivity index (χ1v) is 8.49. The highest BCUT2D eigenvalue weighted by atomic mass is 79.9. The van der Waals surface area contributed by atoms with Crippen LogP contribution in [0.4, 0.5) is 4.39 Å². The highest BCUT2D eigenvalue weighted by Gasteiger charge is 2.34. The lowest BCUT2D eigenvalue weighted by atomic mass is 10.1. The number of carbonyl (C=O) groups is 2. The number of rotatable bonds is 3. The normalized spacial score (nSPS) is 18.4. The van der Waals surface area contributed by atoms with Crippen molar-refractivity contribution in [2.24, 2.45) is 0 Å². The summed E-state index contributed by atoms with van der Waals surface area (Å²) in [6.07, 6.45) is 0. The highest BCUT2D eigenvalue weighted by Crippen LogP contribution is 2.23. The summed E-state index contributed by atoms with van der Waals surface area (Å²) >= 11 is 4.68. The molecule has 1 heterocycles. The third-order valence-electron chi connectivity index (χ3n) is 3.11. The fraction of sp³-hybridized carbons (Fsp3) is 0.429. The topological polar surface area (TPSA) is 46.6 Å². The zero-order valence-electron chi connectivity index (χ0n) is 11.5. The Hall–Kier alpha value is -1.08. The second kappa shape index (κ2) is 7.26. The van der Waals surface area contributed by atoms with Crippen LogP contribution in [-0.4, -0.2) is 47.5 Å². The van der Waals surface area contributed by atoms with Crippen LogP contribution < -0.4 is 0 Å². The Kier molecular flexibility index (Phi) is 5.64. The molecule has 4 nitrogen and oxygen atoms in total. The predicted molar refractivity (Wildman–Crippen MR) is 82.9 cm³/mol. The number of benzene rings is 1. The molecular formula is C14H15BrFNO3S. The second-order valence-electron chi connectivity index (χ2n) is 4.47. The number of esters is 1. The van der Waals surface area contributed by atoms with Gasteiger partial charge in [-0.25, -0.2) is 9.18 Å². The summed E-state index contributed by atoms with van der Waals surface area (Å²) < 4.78 is 18.5. The van der Waals surface area contributed by atoms with E-state index in [1.165, 1.54) is 23.1 Å². The summed E-state index contributed by atoms with van der Waals surface area (Å²) in [6.45, 7) is 2.49. The van der Waals surface area contributed by atoms with Gasteiger partial charge in [-0.15, -0.1) is 0 Å². The third kappa shape index (κ3) is 3.77. The number of ether oxygens (including phenoxy) is 1. The summed E-state index contributed by atoms with van der Waals surface area (Å²) in [5, 5.41) is 0. The third-order valence-corrected chi connectivity index (χ3v) is 4.74. The molecule has 21 heavy (non-hydrogen) atoms. The van der Waals surface area contributed by atoms with Crippen LogP contribution in [0.15, 0.2) is 22.7 Å². The SMILES string of the molecule is CCOC(=O)C1CSCCN1C(=O)c1ccc(F)c(Br)c1. The Labute approximate surface area is 135 Å². The first kappa shape index (κ1) is 16.3. The number of thioether (sulfide) groups is 1. The molecule has 0 aliphatic carbocycles. The largest absolute Gasteiger partial charge is 0.464 e. The number of amides is 1. The molecule has 1 fully saturated rings.